The minimum Gasteiger partial charge on any atom is -0.467 e. The number of carbonyl (C=O) groups excluding carboxylic acids is 1. The molecule has 1 unspecified atom stereocenters. The van der Waals surface area contributed by atoms with E-state index in [1.807, 2.05) is 24.3 Å². The molecule has 6 nitrogen and oxygen atoms in total. The third-order valence-electron chi connectivity index (χ3n) is 3.43. The molecule has 1 fully saturated rings. The van der Waals surface area contributed by atoms with Gasteiger partial charge in [0.15, 0.2) is 6.10 Å². The van der Waals surface area contributed by atoms with Crippen LogP contribution in [0.2, 0.25) is 0 Å². The number of nitrogens with zero attached hydrogens (tertiary/aromatic N) is 2. The van der Waals surface area contributed by atoms with E-state index in [1.165, 1.54) is 7.11 Å². The highest BCUT2D eigenvalue weighted by atomic mass is 16.6. The number of morpholine rings is 1. The molecule has 0 aliphatic carbocycles. The van der Waals surface area contributed by atoms with Gasteiger partial charge in [0.05, 0.1) is 31.3 Å². The van der Waals surface area contributed by atoms with Crippen molar-refractivity contribution in [2.24, 2.45) is 0 Å². The topological polar surface area (TPSA) is 67.5 Å². The number of fused-ring (bicyclic) bond motifs is 1. The number of aromatic amines is 1. The first kappa shape index (κ1) is 13.1. The average Bonchev–Trinajstić information content (AvgIpc) is 2.88. The van der Waals surface area contributed by atoms with Crippen LogP contribution in [0.4, 0.5) is 0 Å². The number of aromatic nitrogens is 2. The van der Waals surface area contributed by atoms with Crippen LogP contribution in [0.25, 0.3) is 11.0 Å². The quantitative estimate of drug-likeness (QED) is 0.844. The lowest BCUT2D eigenvalue weighted by Crippen LogP contribution is -2.46. The Morgan fingerprint density at radius 1 is 1.55 bits per heavy atom. The van der Waals surface area contributed by atoms with Crippen LogP contribution in [-0.4, -0.2) is 53.7 Å². The molecule has 3 rings (SSSR count). The Bertz CT molecular complexity index is 577. The SMILES string of the molecule is COC(=O)C1CN(Cc2nc3ccccc3[nH]2)CCO1. The first-order valence-electron chi connectivity index (χ1n) is 6.61. The zero-order chi connectivity index (χ0) is 13.9. The van der Waals surface area contributed by atoms with Gasteiger partial charge in [-0.05, 0) is 12.1 Å². The van der Waals surface area contributed by atoms with E-state index in [2.05, 4.69) is 14.9 Å². The lowest BCUT2D eigenvalue weighted by atomic mass is 10.2. The molecule has 1 atom stereocenters. The minimum atomic E-state index is -0.502. The van der Waals surface area contributed by atoms with Crippen molar-refractivity contribution < 1.29 is 14.3 Å². The van der Waals surface area contributed by atoms with Crippen LogP contribution in [0.1, 0.15) is 5.82 Å². The Balaban J connectivity index is 1.69. The summed E-state index contributed by atoms with van der Waals surface area (Å²) in [5.74, 6) is 0.580. The maximum absolute atomic E-state index is 11.5. The van der Waals surface area contributed by atoms with Gasteiger partial charge < -0.3 is 14.5 Å². The third-order valence-corrected chi connectivity index (χ3v) is 3.43. The molecule has 1 aliphatic rings. The highest BCUT2D eigenvalue weighted by molar-refractivity contribution is 5.75. The van der Waals surface area contributed by atoms with Gasteiger partial charge in [-0.2, -0.15) is 0 Å². The molecule has 0 spiro atoms. The number of benzene rings is 1. The van der Waals surface area contributed by atoms with E-state index >= 15 is 0 Å². The van der Waals surface area contributed by atoms with Crippen LogP contribution in [0.15, 0.2) is 24.3 Å². The van der Waals surface area contributed by atoms with Crippen molar-refractivity contribution in [2.45, 2.75) is 12.6 Å². The Morgan fingerprint density at radius 3 is 3.20 bits per heavy atom. The average molecular weight is 275 g/mol. The Morgan fingerprint density at radius 2 is 2.40 bits per heavy atom. The maximum atomic E-state index is 11.5. The van der Waals surface area contributed by atoms with Crippen molar-refractivity contribution in [1.82, 2.24) is 14.9 Å². The normalized spacial score (nSPS) is 20.1. The summed E-state index contributed by atoms with van der Waals surface area (Å²) in [4.78, 5) is 21.5. The number of esters is 1. The van der Waals surface area contributed by atoms with Crippen molar-refractivity contribution in [1.29, 1.82) is 0 Å². The largest absolute Gasteiger partial charge is 0.467 e. The lowest BCUT2D eigenvalue weighted by Gasteiger charge is -2.30. The Hall–Kier alpha value is -1.92. The number of nitrogens with one attached hydrogen (secondary N) is 1. The van der Waals surface area contributed by atoms with Crippen molar-refractivity contribution in [2.75, 3.05) is 26.8 Å². The number of ether oxygens (including phenoxy) is 2. The summed E-state index contributed by atoms with van der Waals surface area (Å²) >= 11 is 0. The van der Waals surface area contributed by atoms with Crippen molar-refractivity contribution >= 4 is 17.0 Å². The number of hydrogen-bond donors (Lipinski definition) is 1. The van der Waals surface area contributed by atoms with E-state index in [-0.39, 0.29) is 5.97 Å². The van der Waals surface area contributed by atoms with Gasteiger partial charge in [-0.1, -0.05) is 12.1 Å². The van der Waals surface area contributed by atoms with E-state index in [0.29, 0.717) is 19.7 Å². The molecule has 2 aromatic rings. The first-order valence-corrected chi connectivity index (χ1v) is 6.61. The molecular weight excluding hydrogens is 258 g/mol. The summed E-state index contributed by atoms with van der Waals surface area (Å²) < 4.78 is 10.1. The van der Waals surface area contributed by atoms with Gasteiger partial charge in [0.2, 0.25) is 0 Å². The van der Waals surface area contributed by atoms with Crippen molar-refractivity contribution in [3.05, 3.63) is 30.1 Å². The van der Waals surface area contributed by atoms with E-state index in [1.54, 1.807) is 0 Å². The second-order valence-corrected chi connectivity index (χ2v) is 4.82. The van der Waals surface area contributed by atoms with Crippen LogP contribution >= 0.6 is 0 Å². The molecule has 6 heteroatoms. The number of imidazole rings is 1. The minimum absolute atomic E-state index is 0.320. The molecule has 1 N–H and O–H groups in total. The predicted molar refractivity (Wildman–Crippen MR) is 73.1 cm³/mol. The monoisotopic (exact) mass is 275 g/mol. The van der Waals surface area contributed by atoms with Crippen molar-refractivity contribution in [3.8, 4) is 0 Å². The lowest BCUT2D eigenvalue weighted by molar-refractivity contribution is -0.160. The van der Waals surface area contributed by atoms with Crippen LogP contribution < -0.4 is 0 Å². The standard InChI is InChI=1S/C14H17N3O3/c1-19-14(18)12-8-17(6-7-20-12)9-13-15-10-4-2-3-5-11(10)16-13/h2-5,12H,6-9H2,1H3,(H,15,16). The molecule has 20 heavy (non-hydrogen) atoms. The van der Waals surface area contributed by atoms with Gasteiger partial charge >= 0.3 is 5.97 Å². The molecule has 1 aromatic carbocycles. The van der Waals surface area contributed by atoms with E-state index < -0.39 is 6.10 Å². The van der Waals surface area contributed by atoms with Gasteiger partial charge in [0.1, 0.15) is 5.82 Å². The smallest absolute Gasteiger partial charge is 0.336 e. The molecule has 0 saturated carbocycles. The number of para-hydroxylation sites is 2. The van der Waals surface area contributed by atoms with Crippen LogP contribution in [0.5, 0.6) is 0 Å². The van der Waals surface area contributed by atoms with Crippen molar-refractivity contribution in [3.63, 3.8) is 0 Å². The second kappa shape index (κ2) is 5.60. The van der Waals surface area contributed by atoms with Crippen LogP contribution in [0.3, 0.4) is 0 Å². The summed E-state index contributed by atoms with van der Waals surface area (Å²) in [5, 5.41) is 0. The van der Waals surface area contributed by atoms with Gasteiger partial charge in [0.25, 0.3) is 0 Å². The maximum Gasteiger partial charge on any atom is 0.336 e. The van der Waals surface area contributed by atoms with Gasteiger partial charge in [-0.25, -0.2) is 9.78 Å². The summed E-state index contributed by atoms with van der Waals surface area (Å²) in [5.41, 5.74) is 1.99. The number of methoxy groups -OCH3 is 1. The molecule has 1 aromatic heterocycles. The highest BCUT2D eigenvalue weighted by Gasteiger charge is 2.27. The number of rotatable bonds is 3. The molecular formula is C14H17N3O3. The predicted octanol–water partition coefficient (Wildman–Crippen LogP) is 0.937. The number of H-pyrrole nitrogens is 1. The first-order chi connectivity index (χ1) is 9.76. The molecule has 1 saturated heterocycles. The van der Waals surface area contributed by atoms with Crippen LogP contribution in [0, 0.1) is 0 Å². The Kier molecular flexibility index (Phi) is 3.66. The number of hydrogen-bond acceptors (Lipinski definition) is 5. The molecule has 0 bridgehead atoms. The molecule has 2 heterocycles. The van der Waals surface area contributed by atoms with Gasteiger partial charge in [-0.3, -0.25) is 4.90 Å². The zero-order valence-electron chi connectivity index (χ0n) is 11.3. The summed E-state index contributed by atoms with van der Waals surface area (Å²) in [7, 11) is 1.38. The summed E-state index contributed by atoms with van der Waals surface area (Å²) in [6, 6.07) is 7.93. The highest BCUT2D eigenvalue weighted by Crippen LogP contribution is 2.14. The zero-order valence-corrected chi connectivity index (χ0v) is 11.3. The van der Waals surface area contributed by atoms with Gasteiger partial charge in [0, 0.05) is 13.1 Å². The fourth-order valence-electron chi connectivity index (χ4n) is 2.41. The summed E-state index contributed by atoms with van der Waals surface area (Å²) in [6.45, 7) is 2.51. The second-order valence-electron chi connectivity index (χ2n) is 4.82. The molecule has 106 valence electrons. The van der Waals surface area contributed by atoms with Crippen LogP contribution in [-0.2, 0) is 20.8 Å². The fraction of sp³-hybridized carbons (Fsp3) is 0.429. The van der Waals surface area contributed by atoms with E-state index in [9.17, 15) is 4.79 Å². The fourth-order valence-corrected chi connectivity index (χ4v) is 2.41. The summed E-state index contributed by atoms with van der Waals surface area (Å²) in [6.07, 6.45) is -0.502. The molecule has 0 amide bonds. The van der Waals surface area contributed by atoms with Gasteiger partial charge in [-0.15, -0.1) is 0 Å². The molecule has 1 aliphatic heterocycles. The Labute approximate surface area is 116 Å². The number of carbonyl (C=O) groups is 1. The molecule has 0 radical (unpaired) electrons. The third kappa shape index (κ3) is 2.66. The van der Waals surface area contributed by atoms with E-state index in [4.69, 9.17) is 9.47 Å². The van der Waals surface area contributed by atoms with E-state index in [0.717, 1.165) is 23.4 Å².